The summed E-state index contributed by atoms with van der Waals surface area (Å²) in [4.78, 5) is 0. The number of halogens is 4. The van der Waals surface area contributed by atoms with E-state index in [1.165, 1.54) is 0 Å². The molecule has 0 aliphatic carbocycles. The Balaban J connectivity index is 0. The molecule has 0 saturated carbocycles. The smallest absolute Gasteiger partial charge is 0.418 e. The van der Waals surface area contributed by atoms with Crippen molar-refractivity contribution < 1.29 is 26.4 Å². The summed E-state index contributed by atoms with van der Waals surface area (Å²) in [7, 11) is -6.00. The zero-order valence-electron chi connectivity index (χ0n) is 7.82. The molecule has 0 atom stereocenters. The molecule has 7 heteroatoms. The van der Waals surface area contributed by atoms with Crippen LogP contribution in [0.25, 0.3) is 0 Å². The van der Waals surface area contributed by atoms with E-state index in [2.05, 4.69) is 0 Å². The minimum Gasteiger partial charge on any atom is -0.418 e. The van der Waals surface area contributed by atoms with Gasteiger partial charge in [-0.05, 0) is 13.8 Å². The molecule has 0 unspecified atom stereocenters. The van der Waals surface area contributed by atoms with Crippen molar-refractivity contribution in [3.63, 3.8) is 0 Å². The van der Waals surface area contributed by atoms with Gasteiger partial charge in [-0.15, -0.1) is 0 Å². The molecule has 0 aliphatic rings. The molecule has 0 bridgehead atoms. The normalized spacial score (nSPS) is 11.8. The van der Waals surface area contributed by atoms with E-state index in [0.717, 1.165) is 0 Å². The summed E-state index contributed by atoms with van der Waals surface area (Å²) in [6.07, 6.45) is 0. The molecule has 0 radical (unpaired) electrons. The summed E-state index contributed by atoms with van der Waals surface area (Å²) in [6.45, 7) is 7.05. The maximum absolute atomic E-state index is 9.75. The fraction of sp³-hybridized carbons (Fsp3) is 0.833. The van der Waals surface area contributed by atoms with Crippen LogP contribution in [-0.4, -0.2) is 26.4 Å². The second-order valence-electron chi connectivity index (χ2n) is 1.85. The molecule has 0 rings (SSSR count). The molecule has 0 fully saturated rings. The van der Waals surface area contributed by atoms with Crippen LogP contribution in [0.1, 0.15) is 20.8 Å². The molecule has 0 aromatic carbocycles. The molecule has 2 nitrogen and oxygen atoms in total. The van der Waals surface area contributed by atoms with Gasteiger partial charge < -0.3 is 26.4 Å². The average Bonchev–Trinajstić information content (AvgIpc) is 1.84. The van der Waals surface area contributed by atoms with Gasteiger partial charge in [0.2, 0.25) is 0 Å². The highest BCUT2D eigenvalue weighted by molar-refractivity contribution is 6.50. The van der Waals surface area contributed by atoms with Gasteiger partial charge in [-0.1, -0.05) is 0 Å². The van der Waals surface area contributed by atoms with Crippen LogP contribution in [0.5, 0.6) is 0 Å². The molecule has 80 valence electrons. The van der Waals surface area contributed by atoms with Crippen molar-refractivity contribution in [3.05, 3.63) is 0 Å². The predicted octanol–water partition coefficient (Wildman–Crippen LogP) is 2.43. The monoisotopic (exact) mass is 204 g/mol. The Morgan fingerprint density at radius 1 is 1.23 bits per heavy atom. The van der Waals surface area contributed by atoms with Crippen molar-refractivity contribution in [2.24, 2.45) is 0 Å². The third kappa shape index (κ3) is 34.9. The van der Waals surface area contributed by atoms with E-state index in [0.29, 0.717) is 19.2 Å². The molecule has 13 heavy (non-hydrogen) atoms. The van der Waals surface area contributed by atoms with Gasteiger partial charge in [0.1, 0.15) is 0 Å². The first-order valence-electron chi connectivity index (χ1n) is 3.77. The Morgan fingerprint density at radius 2 is 1.62 bits per heavy atom. The van der Waals surface area contributed by atoms with E-state index in [4.69, 9.17) is 9.16 Å². The highest BCUT2D eigenvalue weighted by Crippen LogP contribution is 2.06. The SMILES string of the molecule is CCOC(C)=[O+]CC.F[B-](F)(F)F. The molecule has 0 aromatic rings. The van der Waals surface area contributed by atoms with Crippen LogP contribution in [0.15, 0.2) is 0 Å². The third-order valence-electron chi connectivity index (χ3n) is 0.695. The molecular weight excluding hydrogens is 191 g/mol. The molecule has 0 N–H and O–H groups in total. The van der Waals surface area contributed by atoms with E-state index < -0.39 is 7.25 Å². The van der Waals surface area contributed by atoms with Crippen molar-refractivity contribution in [1.29, 1.82) is 0 Å². The zero-order valence-corrected chi connectivity index (χ0v) is 7.82. The second-order valence-corrected chi connectivity index (χ2v) is 1.85. The Labute approximate surface area is 74.7 Å². The van der Waals surface area contributed by atoms with Crippen LogP contribution in [0.2, 0.25) is 0 Å². The maximum Gasteiger partial charge on any atom is 0.673 e. The fourth-order valence-corrected chi connectivity index (χ4v) is 0.448. The Morgan fingerprint density at radius 3 is 1.85 bits per heavy atom. The first kappa shape index (κ1) is 14.8. The van der Waals surface area contributed by atoms with Gasteiger partial charge in [-0.25, -0.2) is 0 Å². The van der Waals surface area contributed by atoms with Gasteiger partial charge in [0, 0.05) is 0 Å². The Kier molecular flexibility index (Phi) is 8.95. The predicted molar refractivity (Wildman–Crippen MR) is 43.0 cm³/mol. The number of ether oxygens (including phenoxy) is 1. The number of hydrogen-bond donors (Lipinski definition) is 0. The second kappa shape index (κ2) is 7.88. The van der Waals surface area contributed by atoms with Crippen molar-refractivity contribution in [3.8, 4) is 0 Å². The zero-order chi connectivity index (χ0) is 10.9. The lowest BCUT2D eigenvalue weighted by atomic mass is 10.3. The topological polar surface area (TPSA) is 20.5 Å². The minimum atomic E-state index is -6.00. The van der Waals surface area contributed by atoms with Gasteiger partial charge in [0.15, 0.2) is 13.2 Å². The summed E-state index contributed by atoms with van der Waals surface area (Å²) in [6, 6.07) is 0. The summed E-state index contributed by atoms with van der Waals surface area (Å²) in [5, 5.41) is 0. The molecule has 0 saturated heterocycles. The standard InChI is InChI=1S/C6H13O2.BF4/c1-4-7-6(3)8-5-2;2-1(3,4)5/h4-5H2,1-3H3;/q+1;-1. The van der Waals surface area contributed by atoms with Crippen LogP contribution >= 0.6 is 0 Å². The number of carbonyl (C=O) groups excluding carboxylic acids is 1. The molecule has 0 aromatic heterocycles. The average molecular weight is 204 g/mol. The van der Waals surface area contributed by atoms with Crippen molar-refractivity contribution >= 4 is 13.2 Å². The minimum absolute atomic E-state index is 0.662. The number of esters is 1. The number of hydrogen-bond acceptors (Lipinski definition) is 1. The third-order valence-corrected chi connectivity index (χ3v) is 0.695. The lowest BCUT2D eigenvalue weighted by Crippen LogP contribution is -2.02. The lowest BCUT2D eigenvalue weighted by Gasteiger charge is -1.94. The van der Waals surface area contributed by atoms with Crippen molar-refractivity contribution in [2.75, 3.05) is 13.2 Å². The van der Waals surface area contributed by atoms with Crippen LogP contribution in [0, 0.1) is 0 Å². The Hall–Kier alpha value is -0.745. The number of rotatable bonds is 2. The van der Waals surface area contributed by atoms with Gasteiger partial charge in [-0.2, -0.15) is 0 Å². The van der Waals surface area contributed by atoms with Gasteiger partial charge >= 0.3 is 13.2 Å². The molecule has 0 spiro atoms. The van der Waals surface area contributed by atoms with E-state index in [1.807, 2.05) is 20.8 Å². The van der Waals surface area contributed by atoms with Gasteiger partial charge in [-0.3, -0.25) is 0 Å². The first-order valence-corrected chi connectivity index (χ1v) is 3.77. The van der Waals surface area contributed by atoms with Crippen molar-refractivity contribution in [2.45, 2.75) is 20.8 Å². The van der Waals surface area contributed by atoms with E-state index in [9.17, 15) is 17.3 Å². The van der Waals surface area contributed by atoms with Crippen LogP contribution in [0.3, 0.4) is 0 Å². The highest BCUT2D eigenvalue weighted by Gasteiger charge is 2.20. The largest absolute Gasteiger partial charge is 0.673 e. The van der Waals surface area contributed by atoms with Gasteiger partial charge in [0.05, 0.1) is 6.92 Å². The summed E-state index contributed by atoms with van der Waals surface area (Å²) < 4.78 is 49.0. The first-order chi connectivity index (χ1) is 5.81. The fourth-order valence-electron chi connectivity index (χ4n) is 0.448. The molecule has 0 heterocycles. The van der Waals surface area contributed by atoms with Gasteiger partial charge in [0.25, 0.3) is 0 Å². The molecule has 0 aliphatic heterocycles. The van der Waals surface area contributed by atoms with Crippen LogP contribution in [-0.2, 0) is 9.16 Å². The summed E-state index contributed by atoms with van der Waals surface area (Å²) in [5.41, 5.74) is 0. The van der Waals surface area contributed by atoms with Crippen LogP contribution in [0.4, 0.5) is 17.3 Å². The summed E-state index contributed by atoms with van der Waals surface area (Å²) in [5.74, 6) is 0.662. The van der Waals surface area contributed by atoms with Crippen molar-refractivity contribution in [1.82, 2.24) is 0 Å². The maximum atomic E-state index is 9.75. The molecule has 0 amide bonds. The lowest BCUT2D eigenvalue weighted by molar-refractivity contribution is -0.463. The van der Waals surface area contributed by atoms with E-state index >= 15 is 0 Å². The summed E-state index contributed by atoms with van der Waals surface area (Å²) >= 11 is 0. The van der Waals surface area contributed by atoms with E-state index in [1.54, 1.807) is 0 Å². The molecular formula is C6H13BF4O2. The van der Waals surface area contributed by atoms with Crippen LogP contribution < -0.4 is 0 Å². The Bertz CT molecular complexity index is 140. The highest BCUT2D eigenvalue weighted by atomic mass is 19.5. The van der Waals surface area contributed by atoms with E-state index in [-0.39, 0.29) is 0 Å². The quantitative estimate of drug-likeness (QED) is 0.292.